The molecule has 0 heterocycles. The van der Waals surface area contributed by atoms with Gasteiger partial charge in [-0.25, -0.2) is 4.39 Å². The molecular formula is C17H25BrFN. The Morgan fingerprint density at radius 1 is 1.30 bits per heavy atom. The quantitative estimate of drug-likeness (QED) is 0.798. The molecular weight excluding hydrogens is 317 g/mol. The second-order valence-corrected chi connectivity index (χ2v) is 8.27. The fourth-order valence-electron chi connectivity index (χ4n) is 3.28. The van der Waals surface area contributed by atoms with Crippen LogP contribution in [0, 0.1) is 17.2 Å². The third-order valence-electron chi connectivity index (χ3n) is 4.76. The zero-order valence-corrected chi connectivity index (χ0v) is 14.3. The Labute approximate surface area is 130 Å². The van der Waals surface area contributed by atoms with Crippen LogP contribution in [-0.2, 0) is 6.42 Å². The van der Waals surface area contributed by atoms with Crippen LogP contribution in [-0.4, -0.2) is 5.54 Å². The highest BCUT2D eigenvalue weighted by Gasteiger charge is 2.36. The number of benzene rings is 1. The van der Waals surface area contributed by atoms with E-state index in [9.17, 15) is 4.39 Å². The Hall–Kier alpha value is -0.410. The van der Waals surface area contributed by atoms with Crippen LogP contribution in [0.15, 0.2) is 22.7 Å². The number of rotatable bonds is 2. The van der Waals surface area contributed by atoms with Gasteiger partial charge in [-0.05, 0) is 61.1 Å². The van der Waals surface area contributed by atoms with Crippen molar-refractivity contribution in [1.29, 1.82) is 0 Å². The van der Waals surface area contributed by atoms with Crippen LogP contribution in [0.25, 0.3) is 0 Å². The summed E-state index contributed by atoms with van der Waals surface area (Å²) in [6.07, 6.45) is 5.32. The van der Waals surface area contributed by atoms with E-state index in [0.29, 0.717) is 5.41 Å². The molecule has 0 spiro atoms. The smallest absolute Gasteiger partial charge is 0.124 e. The van der Waals surface area contributed by atoms with Crippen molar-refractivity contribution < 1.29 is 4.39 Å². The van der Waals surface area contributed by atoms with Gasteiger partial charge >= 0.3 is 0 Å². The van der Waals surface area contributed by atoms with Gasteiger partial charge in [-0.15, -0.1) is 0 Å². The fourth-order valence-corrected chi connectivity index (χ4v) is 3.77. The third-order valence-corrected chi connectivity index (χ3v) is 5.50. The Balaban J connectivity index is 2.03. The number of hydrogen-bond acceptors (Lipinski definition) is 1. The molecule has 0 aromatic heterocycles. The molecule has 1 saturated carbocycles. The lowest BCUT2D eigenvalue weighted by molar-refractivity contribution is 0.134. The molecule has 0 aliphatic heterocycles. The minimum Gasteiger partial charge on any atom is -0.325 e. The van der Waals surface area contributed by atoms with E-state index in [1.165, 1.54) is 25.0 Å². The molecule has 1 nitrogen and oxygen atoms in total. The maximum absolute atomic E-state index is 13.1. The van der Waals surface area contributed by atoms with E-state index in [2.05, 4.69) is 36.7 Å². The van der Waals surface area contributed by atoms with Gasteiger partial charge in [0, 0.05) is 10.0 Å². The van der Waals surface area contributed by atoms with E-state index in [4.69, 9.17) is 5.73 Å². The second kappa shape index (κ2) is 5.76. The standard InChI is InChI=1S/C17H25BrFN/c1-16(2,3)13-6-8-17(20,9-7-13)11-12-4-5-14(19)10-15(12)18/h4-5,10,13H,6-9,11,20H2,1-3H3. The van der Waals surface area contributed by atoms with Crippen LogP contribution in [0.4, 0.5) is 4.39 Å². The molecule has 1 aliphatic rings. The highest BCUT2D eigenvalue weighted by atomic mass is 79.9. The molecule has 0 bridgehead atoms. The van der Waals surface area contributed by atoms with Crippen LogP contribution in [0.3, 0.4) is 0 Å². The zero-order valence-electron chi connectivity index (χ0n) is 12.7. The van der Waals surface area contributed by atoms with E-state index >= 15 is 0 Å². The highest BCUT2D eigenvalue weighted by molar-refractivity contribution is 9.10. The fraction of sp³-hybridized carbons (Fsp3) is 0.647. The molecule has 3 heteroatoms. The molecule has 0 unspecified atom stereocenters. The lowest BCUT2D eigenvalue weighted by atomic mass is 9.66. The Morgan fingerprint density at radius 2 is 1.90 bits per heavy atom. The van der Waals surface area contributed by atoms with E-state index < -0.39 is 0 Å². The van der Waals surface area contributed by atoms with E-state index in [1.807, 2.05) is 6.07 Å². The van der Waals surface area contributed by atoms with Crippen molar-refractivity contribution in [3.8, 4) is 0 Å². The first-order chi connectivity index (χ1) is 9.20. The average Bonchev–Trinajstić information content (AvgIpc) is 2.32. The van der Waals surface area contributed by atoms with Gasteiger partial charge in [-0.1, -0.05) is 42.8 Å². The first kappa shape index (κ1) is 16.0. The minimum absolute atomic E-state index is 0.137. The van der Waals surface area contributed by atoms with E-state index in [-0.39, 0.29) is 11.4 Å². The first-order valence-corrected chi connectivity index (χ1v) is 8.22. The van der Waals surface area contributed by atoms with E-state index in [1.54, 1.807) is 0 Å². The summed E-state index contributed by atoms with van der Waals surface area (Å²) in [5, 5.41) is 0. The van der Waals surface area contributed by atoms with Crippen LogP contribution < -0.4 is 5.73 Å². The van der Waals surface area contributed by atoms with Gasteiger partial charge < -0.3 is 5.73 Å². The molecule has 2 N–H and O–H groups in total. The molecule has 1 aromatic carbocycles. The zero-order chi connectivity index (χ0) is 15.0. The molecule has 112 valence electrons. The van der Waals surface area contributed by atoms with Crippen molar-refractivity contribution in [2.75, 3.05) is 0 Å². The van der Waals surface area contributed by atoms with Gasteiger partial charge in [0.05, 0.1) is 0 Å². The molecule has 20 heavy (non-hydrogen) atoms. The van der Waals surface area contributed by atoms with Crippen molar-refractivity contribution >= 4 is 15.9 Å². The van der Waals surface area contributed by atoms with Gasteiger partial charge in [-0.3, -0.25) is 0 Å². The number of halogens is 2. The highest BCUT2D eigenvalue weighted by Crippen LogP contribution is 2.42. The van der Waals surface area contributed by atoms with Crippen molar-refractivity contribution in [2.24, 2.45) is 17.1 Å². The molecule has 1 fully saturated rings. The first-order valence-electron chi connectivity index (χ1n) is 7.42. The summed E-state index contributed by atoms with van der Waals surface area (Å²) < 4.78 is 14.0. The molecule has 1 aliphatic carbocycles. The second-order valence-electron chi connectivity index (χ2n) is 7.42. The van der Waals surface area contributed by atoms with Crippen LogP contribution >= 0.6 is 15.9 Å². The number of hydrogen-bond donors (Lipinski definition) is 1. The molecule has 0 saturated heterocycles. The Kier molecular flexibility index (Phi) is 4.60. The summed E-state index contributed by atoms with van der Waals surface area (Å²) >= 11 is 3.45. The molecule has 0 atom stereocenters. The topological polar surface area (TPSA) is 26.0 Å². The predicted molar refractivity (Wildman–Crippen MR) is 86.1 cm³/mol. The lowest BCUT2D eigenvalue weighted by Gasteiger charge is -2.42. The van der Waals surface area contributed by atoms with Crippen molar-refractivity contribution in [1.82, 2.24) is 0 Å². The summed E-state index contributed by atoms with van der Waals surface area (Å²) in [6, 6.07) is 4.90. The predicted octanol–water partition coefficient (Wildman–Crippen LogP) is 5.06. The van der Waals surface area contributed by atoms with Gasteiger partial charge in [0.1, 0.15) is 5.82 Å². The van der Waals surface area contributed by atoms with Gasteiger partial charge in [0.15, 0.2) is 0 Å². The molecule has 1 aromatic rings. The summed E-state index contributed by atoms with van der Waals surface area (Å²) in [5.74, 6) is 0.555. The lowest BCUT2D eigenvalue weighted by Crippen LogP contribution is -2.46. The maximum Gasteiger partial charge on any atom is 0.124 e. The van der Waals surface area contributed by atoms with Gasteiger partial charge in [0.2, 0.25) is 0 Å². The van der Waals surface area contributed by atoms with Crippen LogP contribution in [0.5, 0.6) is 0 Å². The van der Waals surface area contributed by atoms with Crippen LogP contribution in [0.1, 0.15) is 52.0 Å². The largest absolute Gasteiger partial charge is 0.325 e. The Morgan fingerprint density at radius 3 is 2.40 bits per heavy atom. The van der Waals surface area contributed by atoms with Crippen molar-refractivity contribution in [3.63, 3.8) is 0 Å². The summed E-state index contributed by atoms with van der Waals surface area (Å²) in [6.45, 7) is 6.95. The molecule has 2 rings (SSSR count). The van der Waals surface area contributed by atoms with Gasteiger partial charge in [-0.2, -0.15) is 0 Å². The summed E-state index contributed by atoms with van der Waals surface area (Å²) in [5.41, 5.74) is 7.94. The van der Waals surface area contributed by atoms with Crippen molar-refractivity contribution in [2.45, 2.75) is 58.4 Å². The van der Waals surface area contributed by atoms with Gasteiger partial charge in [0.25, 0.3) is 0 Å². The van der Waals surface area contributed by atoms with E-state index in [0.717, 1.165) is 35.2 Å². The molecule has 0 radical (unpaired) electrons. The number of nitrogens with two attached hydrogens (primary N) is 1. The van der Waals surface area contributed by atoms with Crippen molar-refractivity contribution in [3.05, 3.63) is 34.1 Å². The minimum atomic E-state index is -0.205. The molecule has 0 amide bonds. The normalized spacial score (nSPS) is 27.6. The Bertz CT molecular complexity index is 470. The summed E-state index contributed by atoms with van der Waals surface area (Å²) in [7, 11) is 0. The monoisotopic (exact) mass is 341 g/mol. The summed E-state index contributed by atoms with van der Waals surface area (Å²) in [4.78, 5) is 0. The third kappa shape index (κ3) is 3.82. The average molecular weight is 342 g/mol. The maximum atomic E-state index is 13.1. The SMILES string of the molecule is CC(C)(C)C1CCC(N)(Cc2ccc(F)cc2Br)CC1. The van der Waals surface area contributed by atoms with Crippen LogP contribution in [0.2, 0.25) is 0 Å².